The fourth-order valence-corrected chi connectivity index (χ4v) is 3.29. The summed E-state index contributed by atoms with van der Waals surface area (Å²) in [6.07, 6.45) is 7.04. The summed E-state index contributed by atoms with van der Waals surface area (Å²) in [5.74, 6) is -0.988. The first-order valence-electron chi connectivity index (χ1n) is 9.65. The van der Waals surface area contributed by atoms with Crippen molar-refractivity contribution in [2.75, 3.05) is 31.7 Å². The number of piperidine rings is 1. The van der Waals surface area contributed by atoms with E-state index in [1.807, 2.05) is 12.1 Å². The van der Waals surface area contributed by atoms with E-state index in [1.54, 1.807) is 12.1 Å². The predicted molar refractivity (Wildman–Crippen MR) is 109 cm³/mol. The highest BCUT2D eigenvalue weighted by molar-refractivity contribution is 6.07. The minimum Gasteiger partial charge on any atom is -0.546 e. The fourth-order valence-electron chi connectivity index (χ4n) is 3.29. The molecule has 152 valence electrons. The Kier molecular flexibility index (Phi) is 6.89. The molecule has 1 aliphatic rings. The Morgan fingerprint density at radius 3 is 2.41 bits per heavy atom. The standard InChI is InChI=1S/C23H25NO5/c1-28-22-15-18(8-12-21(22)29-16-23(26)27)20(25)11-7-17-5-9-19(10-6-17)24-13-3-2-4-14-24/h5-12,15H,2-4,13-14,16H2,1H3,(H,26,27)/p-1/b11-7+. The summed E-state index contributed by atoms with van der Waals surface area (Å²) in [5.41, 5.74) is 2.58. The van der Waals surface area contributed by atoms with Crippen LogP contribution in [-0.2, 0) is 4.79 Å². The number of carbonyl (C=O) groups is 2. The largest absolute Gasteiger partial charge is 0.546 e. The molecule has 29 heavy (non-hydrogen) atoms. The van der Waals surface area contributed by atoms with Gasteiger partial charge in [0, 0.05) is 24.3 Å². The normalized spacial score (nSPS) is 14.0. The highest BCUT2D eigenvalue weighted by Gasteiger charge is 2.11. The van der Waals surface area contributed by atoms with Gasteiger partial charge in [-0.25, -0.2) is 0 Å². The second-order valence-corrected chi connectivity index (χ2v) is 6.86. The average Bonchev–Trinajstić information content (AvgIpc) is 2.76. The Hall–Kier alpha value is -3.28. The van der Waals surface area contributed by atoms with E-state index >= 15 is 0 Å². The van der Waals surface area contributed by atoms with Gasteiger partial charge in [0.1, 0.15) is 6.61 Å². The van der Waals surface area contributed by atoms with E-state index in [4.69, 9.17) is 9.47 Å². The first-order valence-corrected chi connectivity index (χ1v) is 9.65. The summed E-state index contributed by atoms with van der Waals surface area (Å²) in [5, 5.41) is 10.5. The van der Waals surface area contributed by atoms with Gasteiger partial charge >= 0.3 is 0 Å². The lowest BCUT2D eigenvalue weighted by Crippen LogP contribution is -2.29. The molecule has 0 aliphatic carbocycles. The lowest BCUT2D eigenvalue weighted by molar-refractivity contribution is -0.307. The molecule has 3 rings (SSSR count). The molecule has 0 spiro atoms. The molecule has 2 aromatic carbocycles. The van der Waals surface area contributed by atoms with Crippen LogP contribution in [0.4, 0.5) is 5.69 Å². The smallest absolute Gasteiger partial charge is 0.185 e. The van der Waals surface area contributed by atoms with Crippen LogP contribution in [0.3, 0.4) is 0 Å². The third-order valence-corrected chi connectivity index (χ3v) is 4.84. The second kappa shape index (κ2) is 9.78. The number of ether oxygens (including phenoxy) is 2. The van der Waals surface area contributed by atoms with Crippen molar-refractivity contribution < 1.29 is 24.2 Å². The zero-order chi connectivity index (χ0) is 20.6. The Labute approximate surface area is 170 Å². The van der Waals surface area contributed by atoms with Crippen LogP contribution in [-0.4, -0.2) is 38.6 Å². The number of hydrogen-bond acceptors (Lipinski definition) is 6. The molecule has 6 heteroatoms. The molecule has 2 aromatic rings. The molecule has 0 atom stereocenters. The van der Waals surface area contributed by atoms with E-state index in [2.05, 4.69) is 17.0 Å². The van der Waals surface area contributed by atoms with Crippen LogP contribution in [0.25, 0.3) is 6.08 Å². The van der Waals surface area contributed by atoms with E-state index in [0.29, 0.717) is 5.56 Å². The van der Waals surface area contributed by atoms with Crippen LogP contribution in [0.1, 0.15) is 35.2 Å². The third-order valence-electron chi connectivity index (χ3n) is 4.84. The Bertz CT molecular complexity index is 883. The molecule has 1 saturated heterocycles. The van der Waals surface area contributed by atoms with Crippen molar-refractivity contribution in [3.05, 3.63) is 59.7 Å². The van der Waals surface area contributed by atoms with Crippen LogP contribution in [0.2, 0.25) is 0 Å². The molecule has 1 aliphatic heterocycles. The summed E-state index contributed by atoms with van der Waals surface area (Å²) in [4.78, 5) is 25.4. The van der Waals surface area contributed by atoms with Crippen molar-refractivity contribution in [2.24, 2.45) is 0 Å². The molecule has 0 N–H and O–H groups in total. The van der Waals surface area contributed by atoms with E-state index < -0.39 is 12.6 Å². The first kappa shape index (κ1) is 20.5. The van der Waals surface area contributed by atoms with Gasteiger partial charge in [-0.1, -0.05) is 18.2 Å². The van der Waals surface area contributed by atoms with E-state index in [1.165, 1.54) is 50.3 Å². The Morgan fingerprint density at radius 2 is 1.76 bits per heavy atom. The summed E-state index contributed by atoms with van der Waals surface area (Å²) in [6, 6.07) is 12.8. The van der Waals surface area contributed by atoms with Crippen molar-refractivity contribution in [3.8, 4) is 11.5 Å². The van der Waals surface area contributed by atoms with Gasteiger partial charge < -0.3 is 24.3 Å². The Balaban J connectivity index is 1.65. The molecular weight excluding hydrogens is 370 g/mol. The number of benzene rings is 2. The lowest BCUT2D eigenvalue weighted by Gasteiger charge is -2.28. The maximum absolute atomic E-state index is 12.5. The number of hydrogen-bond donors (Lipinski definition) is 0. The average molecular weight is 394 g/mol. The third kappa shape index (κ3) is 5.60. The topological polar surface area (TPSA) is 78.9 Å². The number of aliphatic carboxylic acids is 1. The molecule has 0 unspecified atom stereocenters. The molecule has 1 fully saturated rings. The molecule has 0 amide bonds. The number of allylic oxidation sites excluding steroid dienone is 1. The number of nitrogens with zero attached hydrogens (tertiary/aromatic N) is 1. The zero-order valence-electron chi connectivity index (χ0n) is 16.4. The van der Waals surface area contributed by atoms with Crippen molar-refractivity contribution in [3.63, 3.8) is 0 Å². The van der Waals surface area contributed by atoms with Crippen molar-refractivity contribution in [1.29, 1.82) is 0 Å². The number of carboxylic acids is 1. The molecule has 0 radical (unpaired) electrons. The van der Waals surface area contributed by atoms with Gasteiger partial charge in [-0.05, 0) is 61.2 Å². The van der Waals surface area contributed by atoms with Crippen LogP contribution < -0.4 is 19.5 Å². The number of carbonyl (C=O) groups excluding carboxylic acids is 2. The monoisotopic (exact) mass is 394 g/mol. The first-order chi connectivity index (χ1) is 14.1. The maximum Gasteiger partial charge on any atom is 0.185 e. The quantitative estimate of drug-likeness (QED) is 0.506. The molecule has 1 heterocycles. The maximum atomic E-state index is 12.5. The van der Waals surface area contributed by atoms with Crippen LogP contribution in [0.5, 0.6) is 11.5 Å². The number of anilines is 1. The van der Waals surface area contributed by atoms with Gasteiger partial charge in [0.2, 0.25) is 0 Å². The summed E-state index contributed by atoms with van der Waals surface area (Å²) in [6.45, 7) is 1.60. The second-order valence-electron chi connectivity index (χ2n) is 6.86. The van der Waals surface area contributed by atoms with E-state index in [0.717, 1.165) is 18.7 Å². The SMILES string of the molecule is COc1cc(C(=O)/C=C/c2ccc(N3CCCCC3)cc2)ccc1OCC(=O)[O-]. The molecule has 6 nitrogen and oxygen atoms in total. The highest BCUT2D eigenvalue weighted by Crippen LogP contribution is 2.28. The molecule has 0 aromatic heterocycles. The summed E-state index contributed by atoms with van der Waals surface area (Å²) < 4.78 is 10.3. The van der Waals surface area contributed by atoms with Gasteiger partial charge in [0.25, 0.3) is 0 Å². The lowest BCUT2D eigenvalue weighted by atomic mass is 10.1. The van der Waals surface area contributed by atoms with Crippen LogP contribution >= 0.6 is 0 Å². The van der Waals surface area contributed by atoms with Crippen LogP contribution in [0, 0.1) is 0 Å². The number of carboxylic acid groups (broad SMARTS) is 1. The van der Waals surface area contributed by atoms with Crippen molar-refractivity contribution >= 4 is 23.5 Å². The zero-order valence-corrected chi connectivity index (χ0v) is 16.4. The molecule has 0 saturated carbocycles. The minimum absolute atomic E-state index is 0.185. The van der Waals surface area contributed by atoms with Gasteiger partial charge in [-0.2, -0.15) is 0 Å². The molecule has 0 bridgehead atoms. The number of methoxy groups -OCH3 is 1. The summed E-state index contributed by atoms with van der Waals surface area (Å²) >= 11 is 0. The molecular formula is C23H24NO5-. The van der Waals surface area contributed by atoms with Crippen LogP contribution in [0.15, 0.2) is 48.5 Å². The highest BCUT2D eigenvalue weighted by atomic mass is 16.5. The number of rotatable bonds is 8. The van der Waals surface area contributed by atoms with Gasteiger partial charge in [-0.3, -0.25) is 4.79 Å². The van der Waals surface area contributed by atoms with E-state index in [-0.39, 0.29) is 17.3 Å². The van der Waals surface area contributed by atoms with Gasteiger partial charge in [0.05, 0.1) is 13.1 Å². The van der Waals surface area contributed by atoms with Crippen molar-refractivity contribution in [1.82, 2.24) is 0 Å². The fraction of sp³-hybridized carbons (Fsp3) is 0.304. The van der Waals surface area contributed by atoms with E-state index in [9.17, 15) is 14.7 Å². The Morgan fingerprint density at radius 1 is 1.03 bits per heavy atom. The summed E-state index contributed by atoms with van der Waals surface area (Å²) in [7, 11) is 1.43. The van der Waals surface area contributed by atoms with Gasteiger partial charge in [-0.15, -0.1) is 0 Å². The number of ketones is 1. The predicted octanol–water partition coefficient (Wildman–Crippen LogP) is 2.71. The van der Waals surface area contributed by atoms with Crippen molar-refractivity contribution in [2.45, 2.75) is 19.3 Å². The van der Waals surface area contributed by atoms with Gasteiger partial charge in [0.15, 0.2) is 17.3 Å². The minimum atomic E-state index is -1.33.